The zero-order chi connectivity index (χ0) is 27.5. The molecule has 1 aliphatic heterocycles. The van der Waals surface area contributed by atoms with Crippen molar-refractivity contribution in [2.24, 2.45) is 0 Å². The van der Waals surface area contributed by atoms with E-state index < -0.39 is 28.8 Å². The van der Waals surface area contributed by atoms with Gasteiger partial charge in [0, 0.05) is 44.1 Å². The monoisotopic (exact) mass is 526 g/mol. The van der Waals surface area contributed by atoms with E-state index in [1.165, 1.54) is 31.2 Å². The highest BCUT2D eigenvalue weighted by atomic mass is 19.4. The molecule has 0 saturated carbocycles. The van der Waals surface area contributed by atoms with Crippen LogP contribution in [-0.2, 0) is 11.0 Å². The molecule has 0 spiro atoms. The molecule has 0 aliphatic carbocycles. The highest BCUT2D eigenvalue weighted by Crippen LogP contribution is 2.34. The van der Waals surface area contributed by atoms with Gasteiger partial charge >= 0.3 is 6.18 Å². The van der Waals surface area contributed by atoms with Gasteiger partial charge in [-0.3, -0.25) is 9.69 Å². The van der Waals surface area contributed by atoms with Crippen LogP contribution in [-0.4, -0.2) is 54.2 Å². The van der Waals surface area contributed by atoms with Crippen molar-refractivity contribution in [3.8, 4) is 17.2 Å². The number of hydrogen-bond donors (Lipinski definition) is 2. The standard InChI is InChI=1S/C28H26F4N4O2/c1-27(38,26(37)34-23-9-4-21(17-33)25(16-23)28(30,31)32)18-35-12-14-36(15-13-35)24-10-5-20(6-11-24)19-2-7-22(29)8-3-19/h2-11,16,38H,12-15,18H2,1H3,(H,34,37). The number of amides is 1. The first-order valence-electron chi connectivity index (χ1n) is 11.9. The van der Waals surface area contributed by atoms with E-state index in [2.05, 4.69) is 10.2 Å². The normalized spacial score (nSPS) is 16.0. The Hall–Kier alpha value is -3.94. The largest absolute Gasteiger partial charge is 0.417 e. The number of aliphatic hydroxyl groups is 1. The molecule has 0 bridgehead atoms. The van der Waals surface area contributed by atoms with Crippen molar-refractivity contribution in [2.45, 2.75) is 18.7 Å². The summed E-state index contributed by atoms with van der Waals surface area (Å²) in [6.45, 7) is 3.75. The van der Waals surface area contributed by atoms with Crippen molar-refractivity contribution in [3.05, 3.63) is 83.7 Å². The number of anilines is 2. The van der Waals surface area contributed by atoms with Crippen LogP contribution in [0.25, 0.3) is 11.1 Å². The van der Waals surface area contributed by atoms with Crippen molar-refractivity contribution in [3.63, 3.8) is 0 Å². The van der Waals surface area contributed by atoms with Crippen LogP contribution in [0.1, 0.15) is 18.1 Å². The van der Waals surface area contributed by atoms with E-state index in [1.807, 2.05) is 29.2 Å². The van der Waals surface area contributed by atoms with Crippen LogP contribution in [0.5, 0.6) is 0 Å². The van der Waals surface area contributed by atoms with Gasteiger partial charge in [-0.2, -0.15) is 18.4 Å². The molecule has 1 saturated heterocycles. The lowest BCUT2D eigenvalue weighted by Gasteiger charge is -2.38. The molecule has 6 nitrogen and oxygen atoms in total. The van der Waals surface area contributed by atoms with Crippen molar-refractivity contribution >= 4 is 17.3 Å². The number of carbonyl (C=O) groups is 1. The molecule has 4 rings (SSSR count). The number of carbonyl (C=O) groups excluding carboxylic acids is 1. The van der Waals surface area contributed by atoms with E-state index >= 15 is 0 Å². The summed E-state index contributed by atoms with van der Waals surface area (Å²) >= 11 is 0. The molecule has 1 amide bonds. The molecule has 3 aromatic carbocycles. The fourth-order valence-electron chi connectivity index (χ4n) is 4.40. The van der Waals surface area contributed by atoms with Gasteiger partial charge in [-0.25, -0.2) is 4.39 Å². The van der Waals surface area contributed by atoms with E-state index in [-0.39, 0.29) is 18.0 Å². The molecule has 3 aromatic rings. The predicted octanol–water partition coefficient (Wildman–Crippen LogP) is 4.89. The number of nitriles is 1. The van der Waals surface area contributed by atoms with E-state index in [0.717, 1.165) is 22.9 Å². The zero-order valence-corrected chi connectivity index (χ0v) is 20.6. The van der Waals surface area contributed by atoms with Crippen LogP contribution < -0.4 is 10.2 Å². The van der Waals surface area contributed by atoms with Crippen LogP contribution in [0, 0.1) is 17.1 Å². The van der Waals surface area contributed by atoms with E-state index in [0.29, 0.717) is 32.2 Å². The third kappa shape index (κ3) is 6.30. The third-order valence-corrected chi connectivity index (χ3v) is 6.51. The minimum atomic E-state index is -4.75. The number of rotatable bonds is 6. The fraction of sp³-hybridized carbons (Fsp3) is 0.286. The summed E-state index contributed by atoms with van der Waals surface area (Å²) in [5.74, 6) is -1.13. The van der Waals surface area contributed by atoms with Gasteiger partial charge in [0.1, 0.15) is 5.82 Å². The average Bonchev–Trinajstić information content (AvgIpc) is 2.89. The number of nitrogens with zero attached hydrogens (tertiary/aromatic N) is 3. The molecule has 38 heavy (non-hydrogen) atoms. The second kappa shape index (κ2) is 10.8. The lowest BCUT2D eigenvalue weighted by atomic mass is 10.0. The Morgan fingerprint density at radius 1 is 0.974 bits per heavy atom. The maximum atomic E-state index is 13.2. The molecule has 1 fully saturated rings. The smallest absolute Gasteiger partial charge is 0.379 e. The van der Waals surface area contributed by atoms with Crippen LogP contribution in [0.4, 0.5) is 28.9 Å². The molecule has 0 radical (unpaired) electrons. The van der Waals surface area contributed by atoms with Gasteiger partial charge in [0.25, 0.3) is 5.91 Å². The molecule has 0 aromatic heterocycles. The summed E-state index contributed by atoms with van der Waals surface area (Å²) < 4.78 is 52.8. The van der Waals surface area contributed by atoms with Crippen molar-refractivity contribution < 1.29 is 27.5 Å². The summed E-state index contributed by atoms with van der Waals surface area (Å²) in [5.41, 5.74) is -0.815. The SMILES string of the molecule is CC(O)(CN1CCN(c2ccc(-c3ccc(F)cc3)cc2)CC1)C(=O)Nc1ccc(C#N)c(C(F)(F)F)c1. The Bertz CT molecular complexity index is 1320. The Morgan fingerprint density at radius 2 is 1.55 bits per heavy atom. The van der Waals surface area contributed by atoms with Crippen LogP contribution in [0.15, 0.2) is 66.7 Å². The molecule has 1 aliphatic rings. The molecule has 1 unspecified atom stereocenters. The average molecular weight is 527 g/mol. The van der Waals surface area contributed by atoms with E-state index in [4.69, 9.17) is 5.26 Å². The number of nitrogens with one attached hydrogen (secondary N) is 1. The summed E-state index contributed by atoms with van der Waals surface area (Å²) in [5, 5.41) is 22.1. The molecular weight excluding hydrogens is 500 g/mol. The number of hydrogen-bond acceptors (Lipinski definition) is 5. The Morgan fingerprint density at radius 3 is 2.11 bits per heavy atom. The summed E-state index contributed by atoms with van der Waals surface area (Å²) in [7, 11) is 0. The highest BCUT2D eigenvalue weighted by molar-refractivity contribution is 5.97. The van der Waals surface area contributed by atoms with E-state index in [1.54, 1.807) is 12.1 Å². The Kier molecular flexibility index (Phi) is 7.71. The summed E-state index contributed by atoms with van der Waals surface area (Å²) in [6, 6.07) is 18.6. The first-order chi connectivity index (χ1) is 18.0. The van der Waals surface area contributed by atoms with Crippen molar-refractivity contribution in [1.29, 1.82) is 5.26 Å². The second-order valence-corrected chi connectivity index (χ2v) is 9.41. The third-order valence-electron chi connectivity index (χ3n) is 6.51. The van der Waals surface area contributed by atoms with Crippen molar-refractivity contribution in [2.75, 3.05) is 42.9 Å². The molecular formula is C28H26F4N4O2. The van der Waals surface area contributed by atoms with Gasteiger partial charge in [-0.05, 0) is 60.5 Å². The topological polar surface area (TPSA) is 79.6 Å². The highest BCUT2D eigenvalue weighted by Gasteiger charge is 2.36. The minimum absolute atomic E-state index is 0.00140. The number of benzene rings is 3. The maximum Gasteiger partial charge on any atom is 0.417 e. The number of piperazine rings is 1. The zero-order valence-electron chi connectivity index (χ0n) is 20.6. The quantitative estimate of drug-likeness (QED) is 0.447. The summed E-state index contributed by atoms with van der Waals surface area (Å²) in [4.78, 5) is 16.8. The van der Waals surface area contributed by atoms with Gasteiger partial charge in [0.15, 0.2) is 5.60 Å². The molecule has 1 heterocycles. The fourth-order valence-corrected chi connectivity index (χ4v) is 4.40. The first kappa shape index (κ1) is 27.1. The predicted molar refractivity (Wildman–Crippen MR) is 136 cm³/mol. The number of alkyl halides is 3. The summed E-state index contributed by atoms with van der Waals surface area (Å²) in [6.07, 6.45) is -4.75. The van der Waals surface area contributed by atoms with Gasteiger partial charge < -0.3 is 15.3 Å². The molecule has 198 valence electrons. The van der Waals surface area contributed by atoms with Gasteiger partial charge in [-0.15, -0.1) is 0 Å². The Balaban J connectivity index is 1.33. The minimum Gasteiger partial charge on any atom is -0.379 e. The number of β-amino-alcohol motifs (C(OH)–C–C–N with tert-alkyl or cyclic N) is 1. The maximum absolute atomic E-state index is 13.2. The van der Waals surface area contributed by atoms with Gasteiger partial charge in [-0.1, -0.05) is 24.3 Å². The molecule has 2 N–H and O–H groups in total. The molecule has 1 atom stereocenters. The second-order valence-electron chi connectivity index (χ2n) is 9.41. The van der Waals surface area contributed by atoms with Crippen LogP contribution in [0.3, 0.4) is 0 Å². The number of halogens is 4. The van der Waals surface area contributed by atoms with E-state index in [9.17, 15) is 27.5 Å². The van der Waals surface area contributed by atoms with Crippen LogP contribution in [0.2, 0.25) is 0 Å². The van der Waals surface area contributed by atoms with Crippen LogP contribution >= 0.6 is 0 Å². The molecule has 10 heteroatoms. The first-order valence-corrected chi connectivity index (χ1v) is 11.9. The lowest BCUT2D eigenvalue weighted by Crippen LogP contribution is -2.54. The lowest BCUT2D eigenvalue weighted by molar-refractivity contribution is -0.138. The van der Waals surface area contributed by atoms with Crippen molar-refractivity contribution in [1.82, 2.24) is 4.90 Å². The Labute approximate surface area is 217 Å². The van der Waals surface area contributed by atoms with Gasteiger partial charge in [0.05, 0.1) is 17.2 Å². The van der Waals surface area contributed by atoms with Gasteiger partial charge in [0.2, 0.25) is 0 Å².